The van der Waals surface area contributed by atoms with Gasteiger partial charge in [-0.1, -0.05) is 26.0 Å². The molecule has 2 saturated heterocycles. The van der Waals surface area contributed by atoms with Gasteiger partial charge in [0.15, 0.2) is 0 Å². The molecule has 2 fully saturated rings. The fraction of sp³-hybridized carbons (Fsp3) is 0.650. The van der Waals surface area contributed by atoms with Crippen molar-refractivity contribution in [3.05, 3.63) is 29.8 Å². The average molecular weight is 394 g/mol. The number of likely N-dealkylation sites (tertiary alicyclic amines) is 1. The third kappa shape index (κ3) is 5.02. The summed E-state index contributed by atoms with van der Waals surface area (Å²) in [6.07, 6.45) is 4.95. The Kier molecular flexibility index (Phi) is 6.11. The lowest BCUT2D eigenvalue weighted by Crippen LogP contribution is -2.48. The number of hydrogen-bond acceptors (Lipinski definition) is 4. The Morgan fingerprint density at radius 1 is 1.22 bits per heavy atom. The fourth-order valence-corrected chi connectivity index (χ4v) is 5.05. The molecule has 0 bridgehead atoms. The summed E-state index contributed by atoms with van der Waals surface area (Å²) in [6, 6.07) is 8.08. The molecule has 0 spiro atoms. The minimum atomic E-state index is -3.32. The first kappa shape index (κ1) is 20.1. The number of hydrogen-bond donors (Lipinski definition) is 1. The zero-order chi connectivity index (χ0) is 19.6. The van der Waals surface area contributed by atoms with Crippen molar-refractivity contribution in [2.24, 2.45) is 5.92 Å². The van der Waals surface area contributed by atoms with Gasteiger partial charge in [-0.15, -0.1) is 0 Å². The van der Waals surface area contributed by atoms with Crippen LogP contribution in [0.15, 0.2) is 24.3 Å². The van der Waals surface area contributed by atoms with E-state index in [2.05, 4.69) is 33.9 Å². The van der Waals surface area contributed by atoms with Crippen molar-refractivity contribution in [2.75, 3.05) is 30.8 Å². The summed E-state index contributed by atoms with van der Waals surface area (Å²) < 4.78 is 26.4. The highest BCUT2D eigenvalue weighted by Gasteiger charge is 2.39. The molecule has 2 aliphatic heterocycles. The van der Waals surface area contributed by atoms with Gasteiger partial charge in [-0.3, -0.25) is 4.79 Å². The smallest absolute Gasteiger partial charge is 0.225 e. The number of amides is 1. The number of anilines is 1. The van der Waals surface area contributed by atoms with Crippen LogP contribution in [0.3, 0.4) is 0 Å². The van der Waals surface area contributed by atoms with E-state index in [-0.39, 0.29) is 23.9 Å². The van der Waals surface area contributed by atoms with Gasteiger partial charge in [0.25, 0.3) is 0 Å². The predicted molar refractivity (Wildman–Crippen MR) is 108 cm³/mol. The molecule has 2 atom stereocenters. The van der Waals surface area contributed by atoms with E-state index >= 15 is 0 Å². The number of carbonyl (C=O) groups excluding carboxylic acids is 1. The van der Waals surface area contributed by atoms with Crippen LogP contribution in [-0.2, 0) is 21.2 Å². The first-order valence-corrected chi connectivity index (χ1v) is 11.8. The van der Waals surface area contributed by atoms with Crippen molar-refractivity contribution in [1.82, 2.24) is 9.62 Å². The molecule has 7 heteroatoms. The first-order valence-electron chi connectivity index (χ1n) is 9.86. The first-order chi connectivity index (χ1) is 12.7. The number of sulfonamides is 1. The third-order valence-corrected chi connectivity index (χ3v) is 6.25. The molecule has 150 valence electrons. The molecule has 0 aromatic heterocycles. The van der Waals surface area contributed by atoms with Gasteiger partial charge in [-0.2, -0.15) is 0 Å². The lowest BCUT2D eigenvalue weighted by molar-refractivity contribution is -0.135. The molecular formula is C20H31N3O3S. The van der Waals surface area contributed by atoms with Crippen LogP contribution in [0.4, 0.5) is 5.69 Å². The second kappa shape index (κ2) is 8.19. The highest BCUT2D eigenvalue weighted by atomic mass is 32.2. The normalized spacial score (nSPS) is 23.4. The van der Waals surface area contributed by atoms with Crippen LogP contribution in [0.1, 0.15) is 38.7 Å². The molecule has 2 aliphatic rings. The molecule has 0 unspecified atom stereocenters. The highest BCUT2D eigenvalue weighted by molar-refractivity contribution is 7.88. The van der Waals surface area contributed by atoms with Crippen LogP contribution in [0.5, 0.6) is 0 Å². The molecule has 1 N–H and O–H groups in total. The molecular weight excluding hydrogens is 362 g/mol. The molecule has 2 heterocycles. The van der Waals surface area contributed by atoms with Gasteiger partial charge < -0.3 is 9.80 Å². The van der Waals surface area contributed by atoms with E-state index in [0.717, 1.165) is 18.7 Å². The lowest BCUT2D eigenvalue weighted by atomic mass is 9.99. The summed E-state index contributed by atoms with van der Waals surface area (Å²) in [5, 5.41) is 0. The lowest BCUT2D eigenvalue weighted by Gasteiger charge is -2.30. The Labute approximate surface area is 163 Å². The maximum atomic E-state index is 12.7. The second-order valence-corrected chi connectivity index (χ2v) is 9.89. The van der Waals surface area contributed by atoms with Crippen LogP contribution in [0, 0.1) is 5.92 Å². The molecule has 1 amide bonds. The third-order valence-electron chi connectivity index (χ3n) is 5.51. The summed E-state index contributed by atoms with van der Waals surface area (Å²) in [4.78, 5) is 16.9. The van der Waals surface area contributed by atoms with E-state index in [4.69, 9.17) is 0 Å². The molecule has 1 aromatic carbocycles. The summed E-state index contributed by atoms with van der Waals surface area (Å²) in [6.45, 7) is 6.56. The molecule has 3 rings (SSSR count). The zero-order valence-corrected chi connectivity index (χ0v) is 17.3. The van der Waals surface area contributed by atoms with E-state index in [1.54, 1.807) is 0 Å². The van der Waals surface area contributed by atoms with Crippen molar-refractivity contribution < 1.29 is 13.2 Å². The number of benzene rings is 1. The van der Waals surface area contributed by atoms with Crippen LogP contribution in [-0.4, -0.2) is 57.2 Å². The standard InChI is InChI=1S/C20H31N3O3S/c1-15(2)20(24)23-12-9-18(21-27(3,25)26)19(23)14-16-7-6-8-17(13-16)22-10-4-5-11-22/h6-8,13,15,18-19,21H,4-5,9-12,14H2,1-3H3/t18-,19-/m0/s1. The van der Waals surface area contributed by atoms with E-state index in [1.807, 2.05) is 18.7 Å². The Morgan fingerprint density at radius 3 is 2.56 bits per heavy atom. The minimum absolute atomic E-state index is 0.0912. The molecule has 0 aliphatic carbocycles. The van der Waals surface area contributed by atoms with E-state index < -0.39 is 10.0 Å². The zero-order valence-electron chi connectivity index (χ0n) is 16.5. The maximum Gasteiger partial charge on any atom is 0.225 e. The quantitative estimate of drug-likeness (QED) is 0.803. The largest absolute Gasteiger partial charge is 0.372 e. The maximum absolute atomic E-state index is 12.7. The summed E-state index contributed by atoms with van der Waals surface area (Å²) in [7, 11) is -3.32. The molecule has 0 saturated carbocycles. The van der Waals surface area contributed by atoms with E-state index in [1.165, 1.54) is 24.8 Å². The SMILES string of the molecule is CC(C)C(=O)N1CC[C@H](NS(C)(=O)=O)[C@@H]1Cc1cccc(N2CCCC2)c1. The summed E-state index contributed by atoms with van der Waals surface area (Å²) in [5.74, 6) is -0.00563. The van der Waals surface area contributed by atoms with Crippen molar-refractivity contribution in [3.8, 4) is 0 Å². The van der Waals surface area contributed by atoms with Gasteiger partial charge in [-0.05, 0) is 43.4 Å². The van der Waals surface area contributed by atoms with Gasteiger partial charge in [-0.25, -0.2) is 13.1 Å². The topological polar surface area (TPSA) is 69.7 Å². The minimum Gasteiger partial charge on any atom is -0.372 e. The van der Waals surface area contributed by atoms with Crippen LogP contribution >= 0.6 is 0 Å². The molecule has 1 aromatic rings. The number of nitrogens with zero attached hydrogens (tertiary/aromatic N) is 2. The number of rotatable bonds is 6. The van der Waals surface area contributed by atoms with Gasteiger partial charge >= 0.3 is 0 Å². The molecule has 6 nitrogen and oxygen atoms in total. The fourth-order valence-electron chi connectivity index (χ4n) is 4.22. The highest BCUT2D eigenvalue weighted by Crippen LogP contribution is 2.27. The Hall–Kier alpha value is -1.60. The Bertz CT molecular complexity index is 772. The van der Waals surface area contributed by atoms with Gasteiger partial charge in [0.2, 0.25) is 15.9 Å². The van der Waals surface area contributed by atoms with Crippen molar-refractivity contribution in [2.45, 2.75) is 51.6 Å². The van der Waals surface area contributed by atoms with Gasteiger partial charge in [0.1, 0.15) is 0 Å². The van der Waals surface area contributed by atoms with E-state index in [9.17, 15) is 13.2 Å². The predicted octanol–water partition coefficient (Wildman–Crippen LogP) is 2.00. The summed E-state index contributed by atoms with van der Waals surface area (Å²) in [5.41, 5.74) is 2.37. The van der Waals surface area contributed by atoms with Crippen LogP contribution in [0.2, 0.25) is 0 Å². The molecule has 0 radical (unpaired) electrons. The van der Waals surface area contributed by atoms with Crippen LogP contribution in [0.25, 0.3) is 0 Å². The number of carbonyl (C=O) groups is 1. The Balaban J connectivity index is 1.82. The monoisotopic (exact) mass is 393 g/mol. The average Bonchev–Trinajstić information content (AvgIpc) is 3.24. The molecule has 27 heavy (non-hydrogen) atoms. The van der Waals surface area contributed by atoms with Gasteiger partial charge in [0.05, 0.1) is 12.3 Å². The second-order valence-electron chi connectivity index (χ2n) is 8.11. The number of nitrogens with one attached hydrogen (secondary N) is 1. The Morgan fingerprint density at radius 2 is 1.93 bits per heavy atom. The van der Waals surface area contributed by atoms with Gasteiger partial charge in [0, 0.05) is 37.3 Å². The van der Waals surface area contributed by atoms with Crippen LogP contribution < -0.4 is 9.62 Å². The summed E-state index contributed by atoms with van der Waals surface area (Å²) >= 11 is 0. The van der Waals surface area contributed by atoms with Crippen molar-refractivity contribution in [1.29, 1.82) is 0 Å². The van der Waals surface area contributed by atoms with Crippen molar-refractivity contribution in [3.63, 3.8) is 0 Å². The van der Waals surface area contributed by atoms with Crippen molar-refractivity contribution >= 4 is 21.6 Å². The van der Waals surface area contributed by atoms with E-state index in [0.29, 0.717) is 19.4 Å².